The number of ketones is 1. The Hall–Kier alpha value is -2.04. The Morgan fingerprint density at radius 2 is 1.90 bits per heavy atom. The van der Waals surface area contributed by atoms with Crippen molar-refractivity contribution in [1.82, 2.24) is 4.90 Å². The Kier molecular flexibility index (Phi) is 6.03. The fourth-order valence-corrected chi connectivity index (χ4v) is 2.02. The zero-order valence-electron chi connectivity index (χ0n) is 12.4. The predicted octanol–water partition coefficient (Wildman–Crippen LogP) is 2.14. The Morgan fingerprint density at radius 3 is 2.45 bits per heavy atom. The summed E-state index contributed by atoms with van der Waals surface area (Å²) < 4.78 is 0. The van der Waals surface area contributed by atoms with Gasteiger partial charge in [-0.25, -0.2) is 0 Å². The van der Waals surface area contributed by atoms with Gasteiger partial charge < -0.3 is 16.0 Å². The molecule has 0 aliphatic carbocycles. The second-order valence-corrected chi connectivity index (χ2v) is 4.60. The van der Waals surface area contributed by atoms with E-state index in [1.165, 1.54) is 6.92 Å². The van der Waals surface area contributed by atoms with Gasteiger partial charge in [0.05, 0.1) is 0 Å². The zero-order valence-corrected chi connectivity index (χ0v) is 12.4. The lowest BCUT2D eigenvalue weighted by molar-refractivity contribution is -0.130. The van der Waals surface area contributed by atoms with Crippen molar-refractivity contribution in [2.45, 2.75) is 27.2 Å². The first-order valence-electron chi connectivity index (χ1n) is 6.91. The number of carbonyl (C=O) groups excluding carboxylic acids is 2. The molecular weight excluding hydrogens is 254 g/mol. The zero-order chi connectivity index (χ0) is 15.1. The van der Waals surface area contributed by atoms with E-state index in [0.29, 0.717) is 24.2 Å². The molecule has 1 rings (SSSR count). The minimum atomic E-state index is -0.0645. The summed E-state index contributed by atoms with van der Waals surface area (Å²) in [6.45, 7) is 7.41. The number of nitrogens with two attached hydrogens (primary N) is 1. The van der Waals surface area contributed by atoms with Gasteiger partial charge in [-0.2, -0.15) is 0 Å². The van der Waals surface area contributed by atoms with Crippen LogP contribution in [0.1, 0.15) is 37.6 Å². The van der Waals surface area contributed by atoms with Crippen LogP contribution >= 0.6 is 0 Å². The van der Waals surface area contributed by atoms with E-state index in [1.54, 1.807) is 17.0 Å². The van der Waals surface area contributed by atoms with E-state index in [-0.39, 0.29) is 11.7 Å². The molecular formula is C15H23N3O2. The number of amides is 1. The summed E-state index contributed by atoms with van der Waals surface area (Å²) in [7, 11) is 0. The van der Waals surface area contributed by atoms with Crippen LogP contribution in [0.25, 0.3) is 0 Å². The van der Waals surface area contributed by atoms with Crippen molar-refractivity contribution in [2.75, 3.05) is 30.7 Å². The minimum Gasteiger partial charge on any atom is -0.398 e. The molecule has 20 heavy (non-hydrogen) atoms. The topological polar surface area (TPSA) is 75.4 Å². The molecule has 0 aliphatic heterocycles. The molecule has 1 amide bonds. The summed E-state index contributed by atoms with van der Waals surface area (Å²) >= 11 is 0. The van der Waals surface area contributed by atoms with E-state index in [0.717, 1.165) is 18.8 Å². The fraction of sp³-hybridized carbons (Fsp3) is 0.467. The SMILES string of the molecule is CCN(CC)C(=O)CCNc1ccc(N)c(C(C)=O)c1. The minimum absolute atomic E-state index is 0.0645. The van der Waals surface area contributed by atoms with Crippen LogP contribution in [-0.2, 0) is 4.79 Å². The Balaban J connectivity index is 2.56. The first-order chi connectivity index (χ1) is 9.49. The average Bonchev–Trinajstić information content (AvgIpc) is 2.41. The molecule has 1 aromatic carbocycles. The smallest absolute Gasteiger partial charge is 0.224 e. The Bertz CT molecular complexity index is 482. The van der Waals surface area contributed by atoms with Crippen LogP contribution in [-0.4, -0.2) is 36.2 Å². The molecule has 0 spiro atoms. The number of carbonyl (C=O) groups is 2. The number of hydrogen-bond acceptors (Lipinski definition) is 4. The van der Waals surface area contributed by atoms with Crippen molar-refractivity contribution in [2.24, 2.45) is 0 Å². The van der Waals surface area contributed by atoms with Crippen LogP contribution < -0.4 is 11.1 Å². The third-order valence-corrected chi connectivity index (χ3v) is 3.22. The predicted molar refractivity (Wildman–Crippen MR) is 81.9 cm³/mol. The van der Waals surface area contributed by atoms with Gasteiger partial charge in [0.25, 0.3) is 0 Å². The Morgan fingerprint density at radius 1 is 1.25 bits per heavy atom. The van der Waals surface area contributed by atoms with Gasteiger partial charge in [0, 0.05) is 43.0 Å². The summed E-state index contributed by atoms with van der Waals surface area (Å²) in [5.41, 5.74) is 7.52. The molecule has 0 fully saturated rings. The maximum Gasteiger partial charge on any atom is 0.224 e. The second kappa shape index (κ2) is 7.53. The first-order valence-corrected chi connectivity index (χ1v) is 6.91. The third-order valence-electron chi connectivity index (χ3n) is 3.22. The molecule has 5 heteroatoms. The summed E-state index contributed by atoms with van der Waals surface area (Å²) in [5, 5.41) is 3.15. The van der Waals surface area contributed by atoms with Gasteiger partial charge >= 0.3 is 0 Å². The van der Waals surface area contributed by atoms with E-state index in [4.69, 9.17) is 5.73 Å². The van der Waals surface area contributed by atoms with E-state index in [2.05, 4.69) is 5.32 Å². The highest BCUT2D eigenvalue weighted by Crippen LogP contribution is 2.18. The van der Waals surface area contributed by atoms with Crippen LogP contribution in [0.3, 0.4) is 0 Å². The van der Waals surface area contributed by atoms with E-state index >= 15 is 0 Å². The average molecular weight is 277 g/mol. The largest absolute Gasteiger partial charge is 0.398 e. The number of nitrogen functional groups attached to an aromatic ring is 1. The first kappa shape index (κ1) is 16.0. The van der Waals surface area contributed by atoms with Crippen molar-refractivity contribution in [3.05, 3.63) is 23.8 Å². The number of Topliss-reactive ketones (excluding diaryl/α,β-unsaturated/α-hetero) is 1. The number of nitrogens with zero attached hydrogens (tertiary/aromatic N) is 1. The normalized spacial score (nSPS) is 10.2. The molecule has 0 unspecified atom stereocenters. The van der Waals surface area contributed by atoms with Crippen molar-refractivity contribution >= 4 is 23.1 Å². The van der Waals surface area contributed by atoms with Crippen molar-refractivity contribution in [1.29, 1.82) is 0 Å². The Labute approximate surface area is 120 Å². The molecule has 0 saturated carbocycles. The van der Waals surface area contributed by atoms with Crippen molar-refractivity contribution in [3.63, 3.8) is 0 Å². The monoisotopic (exact) mass is 277 g/mol. The highest BCUT2D eigenvalue weighted by Gasteiger charge is 2.09. The van der Waals surface area contributed by atoms with E-state index in [9.17, 15) is 9.59 Å². The van der Waals surface area contributed by atoms with Gasteiger partial charge in [0.2, 0.25) is 5.91 Å². The molecule has 0 heterocycles. The molecule has 0 atom stereocenters. The van der Waals surface area contributed by atoms with Gasteiger partial charge in [-0.05, 0) is 39.0 Å². The van der Waals surface area contributed by atoms with Crippen LogP contribution in [0.5, 0.6) is 0 Å². The molecule has 5 nitrogen and oxygen atoms in total. The molecule has 110 valence electrons. The summed E-state index contributed by atoms with van der Waals surface area (Å²) in [5.74, 6) is 0.0649. The summed E-state index contributed by atoms with van der Waals surface area (Å²) in [6.07, 6.45) is 0.432. The molecule has 0 bridgehead atoms. The van der Waals surface area contributed by atoms with Crippen LogP contribution in [0, 0.1) is 0 Å². The molecule has 1 aromatic rings. The van der Waals surface area contributed by atoms with Gasteiger partial charge in [-0.1, -0.05) is 0 Å². The standard InChI is InChI=1S/C15H23N3O2/c1-4-18(5-2)15(20)8-9-17-12-6-7-14(16)13(10-12)11(3)19/h6-7,10,17H,4-5,8-9,16H2,1-3H3. The molecule has 0 radical (unpaired) electrons. The third kappa shape index (κ3) is 4.26. The molecule has 0 aromatic heterocycles. The number of nitrogens with one attached hydrogen (secondary N) is 1. The van der Waals surface area contributed by atoms with E-state index in [1.807, 2.05) is 19.9 Å². The van der Waals surface area contributed by atoms with Crippen LogP contribution in [0.15, 0.2) is 18.2 Å². The summed E-state index contributed by atoms with van der Waals surface area (Å²) in [6, 6.07) is 5.23. The van der Waals surface area contributed by atoms with Crippen LogP contribution in [0.4, 0.5) is 11.4 Å². The maximum absolute atomic E-state index is 11.8. The second-order valence-electron chi connectivity index (χ2n) is 4.60. The van der Waals surface area contributed by atoms with Gasteiger partial charge in [0.1, 0.15) is 0 Å². The highest BCUT2D eigenvalue weighted by atomic mass is 16.2. The number of benzene rings is 1. The van der Waals surface area contributed by atoms with Crippen molar-refractivity contribution in [3.8, 4) is 0 Å². The molecule has 0 aliphatic rings. The fourth-order valence-electron chi connectivity index (χ4n) is 2.02. The quantitative estimate of drug-likeness (QED) is 0.591. The number of hydrogen-bond donors (Lipinski definition) is 2. The van der Waals surface area contributed by atoms with Gasteiger partial charge in [0.15, 0.2) is 5.78 Å². The van der Waals surface area contributed by atoms with Gasteiger partial charge in [-0.3, -0.25) is 9.59 Å². The number of rotatable bonds is 7. The van der Waals surface area contributed by atoms with Crippen molar-refractivity contribution < 1.29 is 9.59 Å². The molecule has 3 N–H and O–H groups in total. The van der Waals surface area contributed by atoms with Gasteiger partial charge in [-0.15, -0.1) is 0 Å². The number of anilines is 2. The van der Waals surface area contributed by atoms with E-state index < -0.39 is 0 Å². The lowest BCUT2D eigenvalue weighted by atomic mass is 10.1. The molecule has 0 saturated heterocycles. The van der Waals surface area contributed by atoms with Crippen LogP contribution in [0.2, 0.25) is 0 Å². The lowest BCUT2D eigenvalue weighted by Crippen LogP contribution is -2.31. The lowest BCUT2D eigenvalue weighted by Gasteiger charge is -2.18. The highest BCUT2D eigenvalue weighted by molar-refractivity contribution is 6.00. The summed E-state index contributed by atoms with van der Waals surface area (Å²) in [4.78, 5) is 25.0. The maximum atomic E-state index is 11.8.